The van der Waals surface area contributed by atoms with Crippen LogP contribution in [0.4, 0.5) is 0 Å². The van der Waals surface area contributed by atoms with Crippen molar-refractivity contribution in [1.82, 2.24) is 4.90 Å². The van der Waals surface area contributed by atoms with Crippen molar-refractivity contribution in [3.05, 3.63) is 0 Å². The number of rotatable bonds is 3. The van der Waals surface area contributed by atoms with E-state index in [1.165, 1.54) is 0 Å². The maximum Gasteiger partial charge on any atom is 0.327 e. The predicted octanol–water partition coefficient (Wildman–Crippen LogP) is 1.87. The Hall–Kier alpha value is -0.430. The van der Waals surface area contributed by atoms with Gasteiger partial charge in [-0.3, -0.25) is 14.5 Å². The average Bonchev–Trinajstić information content (AvgIpc) is 2.98. The molecule has 3 fully saturated rings. The van der Waals surface area contributed by atoms with Gasteiger partial charge in [0.15, 0.2) is 0 Å². The van der Waals surface area contributed by atoms with Gasteiger partial charge in [0.25, 0.3) is 0 Å². The molecule has 2 amide bonds. The van der Waals surface area contributed by atoms with E-state index < -0.39 is 12.0 Å². The summed E-state index contributed by atoms with van der Waals surface area (Å²) in [5, 5.41) is 9.39. The first-order valence-corrected chi connectivity index (χ1v) is 8.98. The molecule has 0 unspecified atom stereocenters. The number of carbonyl (C=O) groups is 3. The van der Waals surface area contributed by atoms with Crippen LogP contribution in [0.15, 0.2) is 0 Å². The molecule has 3 aliphatic rings. The van der Waals surface area contributed by atoms with Crippen molar-refractivity contribution >= 4 is 49.6 Å². The summed E-state index contributed by atoms with van der Waals surface area (Å²) in [5.74, 6) is -2.44. The number of fused-ring (bicyclic) bond motifs is 5. The number of carboxylic acids is 1. The van der Waals surface area contributed by atoms with Gasteiger partial charge in [-0.05, 0) is 24.2 Å². The van der Waals surface area contributed by atoms with Crippen molar-refractivity contribution in [3.63, 3.8) is 0 Å². The van der Waals surface area contributed by atoms with Crippen molar-refractivity contribution in [1.29, 1.82) is 0 Å². The summed E-state index contributed by atoms with van der Waals surface area (Å²) in [6.07, 6.45) is 0.853. The van der Waals surface area contributed by atoms with Gasteiger partial charge in [-0.1, -0.05) is 45.7 Å². The number of nitrogens with zero attached hydrogens (tertiary/aromatic N) is 1. The molecule has 0 aromatic heterocycles. The number of imide groups is 1. The lowest BCUT2D eigenvalue weighted by Gasteiger charge is -2.28. The van der Waals surface area contributed by atoms with E-state index in [9.17, 15) is 19.5 Å². The second kappa shape index (κ2) is 5.05. The van der Waals surface area contributed by atoms with Crippen LogP contribution in [0.25, 0.3) is 0 Å². The summed E-state index contributed by atoms with van der Waals surface area (Å²) in [5.41, 5.74) is 0. The van der Waals surface area contributed by atoms with Gasteiger partial charge in [-0.15, -0.1) is 0 Å². The molecular weight excluding hydrogens is 406 g/mol. The summed E-state index contributed by atoms with van der Waals surface area (Å²) in [4.78, 5) is 38.2. The highest BCUT2D eigenvalue weighted by molar-refractivity contribution is 9.12. The number of halogens is 2. The molecule has 5 nitrogen and oxygen atoms in total. The maximum absolute atomic E-state index is 12.7. The number of amides is 2. The molecule has 2 aliphatic carbocycles. The van der Waals surface area contributed by atoms with Crippen molar-refractivity contribution < 1.29 is 19.5 Å². The molecule has 1 saturated heterocycles. The third-order valence-electron chi connectivity index (χ3n) is 5.18. The molecule has 1 heterocycles. The first-order valence-electron chi connectivity index (χ1n) is 7.15. The average molecular weight is 423 g/mol. The zero-order valence-corrected chi connectivity index (χ0v) is 14.9. The van der Waals surface area contributed by atoms with E-state index in [4.69, 9.17) is 0 Å². The van der Waals surface area contributed by atoms with E-state index in [1.807, 2.05) is 0 Å². The molecule has 2 bridgehead atoms. The fraction of sp³-hybridized carbons (Fsp3) is 0.786. The molecule has 2 saturated carbocycles. The molecular formula is C14H17Br2NO4. The summed E-state index contributed by atoms with van der Waals surface area (Å²) < 4.78 is 0. The Morgan fingerprint density at radius 3 is 1.90 bits per heavy atom. The molecule has 0 aromatic carbocycles. The Labute approximate surface area is 139 Å². The van der Waals surface area contributed by atoms with Crippen molar-refractivity contribution in [3.8, 4) is 0 Å². The van der Waals surface area contributed by atoms with Crippen LogP contribution < -0.4 is 0 Å². The molecule has 7 heteroatoms. The van der Waals surface area contributed by atoms with Crippen LogP contribution in [0.5, 0.6) is 0 Å². The zero-order chi connectivity index (χ0) is 15.6. The van der Waals surface area contributed by atoms with Crippen LogP contribution in [0, 0.1) is 29.6 Å². The lowest BCUT2D eigenvalue weighted by molar-refractivity contribution is -0.157. The topological polar surface area (TPSA) is 74.7 Å². The van der Waals surface area contributed by atoms with Crippen LogP contribution in [0.2, 0.25) is 0 Å². The van der Waals surface area contributed by atoms with Crippen LogP contribution in [-0.2, 0) is 14.4 Å². The first kappa shape index (κ1) is 15.5. The first-order chi connectivity index (χ1) is 9.77. The number of hydrogen-bond donors (Lipinski definition) is 1. The highest BCUT2D eigenvalue weighted by Crippen LogP contribution is 2.60. The molecule has 116 valence electrons. The molecule has 3 rings (SSSR count). The minimum absolute atomic E-state index is 0.118. The highest BCUT2D eigenvalue weighted by Gasteiger charge is 2.67. The lowest BCUT2D eigenvalue weighted by Crippen LogP contribution is -2.49. The standard InChI is InChI=1S/C14H17Br2NO4/c1-4(2)11(14(20)21)17-12(18)7-5-3-6(8(7)13(17)19)10(16)9(5)15/h4-11H,3H2,1-2H3,(H,20,21)/t5-,6-,7-,8+,9-,10+,11-/m0/s1. The Morgan fingerprint density at radius 2 is 1.57 bits per heavy atom. The Balaban J connectivity index is 1.96. The monoisotopic (exact) mass is 421 g/mol. The molecule has 0 spiro atoms. The fourth-order valence-corrected chi connectivity index (χ4v) is 6.21. The van der Waals surface area contributed by atoms with Crippen LogP contribution >= 0.6 is 31.9 Å². The Morgan fingerprint density at radius 1 is 1.14 bits per heavy atom. The summed E-state index contributed by atoms with van der Waals surface area (Å²) >= 11 is 7.23. The molecule has 1 aliphatic heterocycles. The molecule has 21 heavy (non-hydrogen) atoms. The highest BCUT2D eigenvalue weighted by atomic mass is 79.9. The number of aliphatic carboxylic acids is 1. The van der Waals surface area contributed by atoms with Gasteiger partial charge in [0.2, 0.25) is 11.8 Å². The lowest BCUT2D eigenvalue weighted by atomic mass is 9.81. The number of carbonyl (C=O) groups excluding carboxylic acids is 2. The maximum atomic E-state index is 12.7. The Bertz CT molecular complexity index is 491. The second-order valence-corrected chi connectivity index (χ2v) is 8.69. The number of hydrogen-bond acceptors (Lipinski definition) is 3. The third kappa shape index (κ3) is 1.96. The fourth-order valence-electron chi connectivity index (χ4n) is 4.34. The van der Waals surface area contributed by atoms with Gasteiger partial charge in [-0.25, -0.2) is 4.79 Å². The summed E-state index contributed by atoms with van der Waals surface area (Å²) in [7, 11) is 0. The normalized spacial score (nSPS) is 42.8. The molecule has 7 atom stereocenters. The third-order valence-corrected chi connectivity index (χ3v) is 8.39. The van der Waals surface area contributed by atoms with Gasteiger partial charge >= 0.3 is 5.97 Å². The van der Waals surface area contributed by atoms with Crippen LogP contribution in [0.3, 0.4) is 0 Å². The van der Waals surface area contributed by atoms with E-state index in [0.717, 1.165) is 11.3 Å². The summed E-state index contributed by atoms with van der Waals surface area (Å²) in [6, 6.07) is -1.06. The van der Waals surface area contributed by atoms with E-state index in [-0.39, 0.29) is 51.1 Å². The zero-order valence-electron chi connectivity index (χ0n) is 11.7. The van der Waals surface area contributed by atoms with Crippen molar-refractivity contribution in [2.75, 3.05) is 0 Å². The van der Waals surface area contributed by atoms with E-state index >= 15 is 0 Å². The smallest absolute Gasteiger partial charge is 0.327 e. The predicted molar refractivity (Wildman–Crippen MR) is 82.1 cm³/mol. The number of alkyl halides is 2. The van der Waals surface area contributed by atoms with E-state index in [2.05, 4.69) is 31.9 Å². The SMILES string of the molecule is CC(C)[C@@H](C(=O)O)N1C(=O)[C@@H]2[C@@H]3C[C@H]([C@H](Br)[C@@H]3Br)[C@@H]2C1=O. The molecule has 1 N–H and O–H groups in total. The number of carboxylic acid groups (broad SMARTS) is 1. The van der Waals surface area contributed by atoms with Crippen LogP contribution in [0.1, 0.15) is 20.3 Å². The van der Waals surface area contributed by atoms with Gasteiger partial charge in [-0.2, -0.15) is 0 Å². The van der Waals surface area contributed by atoms with Gasteiger partial charge in [0.05, 0.1) is 11.8 Å². The Kier molecular flexibility index (Phi) is 3.72. The minimum Gasteiger partial charge on any atom is -0.480 e. The summed E-state index contributed by atoms with van der Waals surface area (Å²) in [6.45, 7) is 3.45. The minimum atomic E-state index is -1.11. The van der Waals surface area contributed by atoms with Crippen molar-refractivity contribution in [2.45, 2.75) is 36.0 Å². The number of likely N-dealkylation sites (tertiary alicyclic amines) is 1. The quantitative estimate of drug-likeness (QED) is 0.556. The molecule has 0 aromatic rings. The van der Waals surface area contributed by atoms with Crippen LogP contribution in [-0.4, -0.2) is 43.5 Å². The molecule has 0 radical (unpaired) electrons. The van der Waals surface area contributed by atoms with E-state index in [1.54, 1.807) is 13.8 Å². The van der Waals surface area contributed by atoms with E-state index in [0.29, 0.717) is 0 Å². The largest absolute Gasteiger partial charge is 0.480 e. The van der Waals surface area contributed by atoms with Gasteiger partial charge < -0.3 is 5.11 Å². The second-order valence-electron chi connectivity index (χ2n) is 6.58. The van der Waals surface area contributed by atoms with Gasteiger partial charge in [0.1, 0.15) is 6.04 Å². The van der Waals surface area contributed by atoms with Crippen molar-refractivity contribution in [2.24, 2.45) is 29.6 Å². The van der Waals surface area contributed by atoms with Gasteiger partial charge in [0, 0.05) is 9.65 Å².